The zero-order valence-corrected chi connectivity index (χ0v) is 10.2. The fourth-order valence-corrected chi connectivity index (χ4v) is 3.01. The highest BCUT2D eigenvalue weighted by Gasteiger charge is 2.31. The summed E-state index contributed by atoms with van der Waals surface area (Å²) in [6, 6.07) is 2.36. The smallest absolute Gasteiger partial charge is 0.128 e. The maximum absolute atomic E-state index is 13.7. The Morgan fingerprint density at radius 3 is 2.56 bits per heavy atom. The summed E-state index contributed by atoms with van der Waals surface area (Å²) in [6.07, 6.45) is 2.08. The van der Waals surface area contributed by atoms with Gasteiger partial charge in [-0.15, -0.1) is 11.6 Å². The fourth-order valence-electron chi connectivity index (χ4n) is 2.35. The van der Waals surface area contributed by atoms with E-state index >= 15 is 0 Å². The second-order valence-electron chi connectivity index (χ2n) is 5.26. The lowest BCUT2D eigenvalue weighted by Gasteiger charge is -2.23. The molecule has 0 saturated carbocycles. The molecule has 1 aliphatic carbocycles. The molecule has 0 heterocycles. The van der Waals surface area contributed by atoms with Crippen molar-refractivity contribution < 1.29 is 8.78 Å². The first kappa shape index (κ1) is 11.8. The molecule has 0 aliphatic heterocycles. The van der Waals surface area contributed by atoms with Gasteiger partial charge in [-0.3, -0.25) is 0 Å². The quantitative estimate of drug-likeness (QED) is 0.462. The van der Waals surface area contributed by atoms with Gasteiger partial charge in [-0.1, -0.05) is 13.8 Å². The third-order valence-corrected chi connectivity index (χ3v) is 3.72. The largest absolute Gasteiger partial charge is 0.207 e. The molecule has 0 amide bonds. The van der Waals surface area contributed by atoms with Gasteiger partial charge in [0.25, 0.3) is 0 Å². The molecule has 1 aromatic carbocycles. The third-order valence-electron chi connectivity index (χ3n) is 3.34. The maximum atomic E-state index is 13.7. The van der Waals surface area contributed by atoms with Crippen LogP contribution in [-0.2, 0) is 6.42 Å². The minimum atomic E-state index is -0.428. The van der Waals surface area contributed by atoms with Crippen LogP contribution in [0.3, 0.4) is 0 Å². The Hall–Kier alpha value is -0.630. The van der Waals surface area contributed by atoms with Crippen molar-refractivity contribution in [3.8, 4) is 0 Å². The van der Waals surface area contributed by atoms with Gasteiger partial charge in [-0.05, 0) is 42.4 Å². The Balaban J connectivity index is 2.52. The molecule has 1 atom stereocenters. The van der Waals surface area contributed by atoms with Gasteiger partial charge in [0.1, 0.15) is 11.6 Å². The van der Waals surface area contributed by atoms with Crippen LogP contribution in [0.2, 0.25) is 0 Å². The van der Waals surface area contributed by atoms with Gasteiger partial charge in [0, 0.05) is 5.56 Å². The Bertz CT molecular complexity index is 413. The number of fused-ring (bicyclic) bond motifs is 1. The van der Waals surface area contributed by atoms with E-state index < -0.39 is 5.38 Å². The molecular weight excluding hydrogens is 230 g/mol. The van der Waals surface area contributed by atoms with Gasteiger partial charge < -0.3 is 0 Å². The van der Waals surface area contributed by atoms with E-state index in [1.54, 1.807) is 0 Å². The topological polar surface area (TPSA) is 0 Å². The van der Waals surface area contributed by atoms with E-state index in [0.717, 1.165) is 6.42 Å². The Morgan fingerprint density at radius 2 is 1.88 bits per heavy atom. The van der Waals surface area contributed by atoms with Crippen molar-refractivity contribution in [3.63, 3.8) is 0 Å². The molecule has 0 saturated heterocycles. The van der Waals surface area contributed by atoms with E-state index in [0.29, 0.717) is 24.0 Å². The van der Waals surface area contributed by atoms with E-state index in [-0.39, 0.29) is 17.0 Å². The lowest BCUT2D eigenvalue weighted by molar-refractivity contribution is 0.312. The minimum absolute atomic E-state index is 0.0321. The highest BCUT2D eigenvalue weighted by molar-refractivity contribution is 6.21. The highest BCUT2D eigenvalue weighted by Crippen LogP contribution is 2.43. The van der Waals surface area contributed by atoms with E-state index in [2.05, 4.69) is 13.8 Å². The van der Waals surface area contributed by atoms with Gasteiger partial charge in [0.05, 0.1) is 5.38 Å². The Kier molecular flexibility index (Phi) is 2.95. The Morgan fingerprint density at radius 1 is 1.25 bits per heavy atom. The van der Waals surface area contributed by atoms with Crippen molar-refractivity contribution >= 4 is 11.6 Å². The van der Waals surface area contributed by atoms with Crippen LogP contribution in [0.5, 0.6) is 0 Å². The number of benzene rings is 1. The zero-order chi connectivity index (χ0) is 11.9. The zero-order valence-electron chi connectivity index (χ0n) is 9.49. The summed E-state index contributed by atoms with van der Waals surface area (Å²) in [6.45, 7) is 4.17. The summed E-state index contributed by atoms with van der Waals surface area (Å²) in [5.41, 5.74) is 0.863. The van der Waals surface area contributed by atoms with Crippen molar-refractivity contribution in [2.45, 2.75) is 38.5 Å². The van der Waals surface area contributed by atoms with Crippen molar-refractivity contribution in [2.75, 3.05) is 0 Å². The van der Waals surface area contributed by atoms with Gasteiger partial charge in [0.2, 0.25) is 0 Å². The molecule has 0 radical (unpaired) electrons. The molecule has 2 rings (SSSR count). The molecule has 88 valence electrons. The molecule has 0 fully saturated rings. The van der Waals surface area contributed by atoms with E-state index in [1.807, 2.05) is 0 Å². The molecule has 1 aliphatic rings. The number of alkyl halides is 1. The van der Waals surface area contributed by atoms with Crippen LogP contribution in [-0.4, -0.2) is 0 Å². The van der Waals surface area contributed by atoms with E-state index in [1.165, 1.54) is 12.1 Å². The standard InChI is InChI=1S/C13H15ClF2/c1-13(2)6-5-8-10(15)3-4-11(16)12(8)9(14)7-13/h3-4,9H,5-7H2,1-2H3. The van der Waals surface area contributed by atoms with E-state index in [4.69, 9.17) is 11.6 Å². The monoisotopic (exact) mass is 244 g/mol. The molecule has 0 bridgehead atoms. The molecular formula is C13H15ClF2. The number of hydrogen-bond acceptors (Lipinski definition) is 0. The van der Waals surface area contributed by atoms with Crippen LogP contribution < -0.4 is 0 Å². The lowest BCUT2D eigenvalue weighted by atomic mass is 9.84. The van der Waals surface area contributed by atoms with Crippen LogP contribution in [0.25, 0.3) is 0 Å². The summed E-state index contributed by atoms with van der Waals surface area (Å²) >= 11 is 6.21. The predicted molar refractivity (Wildman–Crippen MR) is 61.7 cm³/mol. The first-order chi connectivity index (χ1) is 7.41. The van der Waals surface area contributed by atoms with Gasteiger partial charge >= 0.3 is 0 Å². The predicted octanol–water partition coefficient (Wildman–Crippen LogP) is 4.61. The summed E-state index contributed by atoms with van der Waals surface area (Å²) in [7, 11) is 0. The van der Waals surface area contributed by atoms with Gasteiger partial charge in [-0.25, -0.2) is 8.78 Å². The van der Waals surface area contributed by atoms with Crippen molar-refractivity contribution in [2.24, 2.45) is 5.41 Å². The van der Waals surface area contributed by atoms with E-state index in [9.17, 15) is 8.78 Å². The third kappa shape index (κ3) is 2.08. The van der Waals surface area contributed by atoms with Gasteiger partial charge in [-0.2, -0.15) is 0 Å². The first-order valence-electron chi connectivity index (χ1n) is 5.51. The van der Waals surface area contributed by atoms with Gasteiger partial charge in [0.15, 0.2) is 0 Å². The van der Waals surface area contributed by atoms with Crippen LogP contribution >= 0.6 is 11.6 Å². The van der Waals surface area contributed by atoms with Crippen LogP contribution in [0.1, 0.15) is 43.2 Å². The summed E-state index contributed by atoms with van der Waals surface area (Å²) in [5, 5.41) is -0.428. The minimum Gasteiger partial charge on any atom is -0.207 e. The summed E-state index contributed by atoms with van der Waals surface area (Å²) in [4.78, 5) is 0. The van der Waals surface area contributed by atoms with Crippen LogP contribution in [0.4, 0.5) is 8.78 Å². The number of hydrogen-bond donors (Lipinski definition) is 0. The number of rotatable bonds is 0. The van der Waals surface area contributed by atoms with Crippen molar-refractivity contribution in [1.82, 2.24) is 0 Å². The van der Waals surface area contributed by atoms with Crippen molar-refractivity contribution in [3.05, 3.63) is 34.9 Å². The molecule has 1 aromatic rings. The second kappa shape index (κ2) is 3.99. The summed E-state index contributed by atoms with van der Waals surface area (Å²) in [5.74, 6) is -0.714. The fraction of sp³-hybridized carbons (Fsp3) is 0.538. The molecule has 0 spiro atoms. The second-order valence-corrected chi connectivity index (χ2v) is 5.78. The Labute approximate surface area is 99.6 Å². The molecule has 1 unspecified atom stereocenters. The lowest BCUT2D eigenvalue weighted by Crippen LogP contribution is -2.11. The molecule has 16 heavy (non-hydrogen) atoms. The highest BCUT2D eigenvalue weighted by atomic mass is 35.5. The normalized spacial score (nSPS) is 23.7. The molecule has 0 N–H and O–H groups in total. The maximum Gasteiger partial charge on any atom is 0.128 e. The summed E-state index contributed by atoms with van der Waals surface area (Å²) < 4.78 is 27.3. The number of halogens is 3. The van der Waals surface area contributed by atoms with Crippen LogP contribution in [0, 0.1) is 17.0 Å². The molecule has 0 nitrogen and oxygen atoms in total. The first-order valence-corrected chi connectivity index (χ1v) is 5.95. The average molecular weight is 245 g/mol. The SMILES string of the molecule is CC1(C)CCc2c(F)ccc(F)c2C(Cl)C1. The van der Waals surface area contributed by atoms with Crippen LogP contribution in [0.15, 0.2) is 12.1 Å². The molecule has 3 heteroatoms. The molecule has 0 aromatic heterocycles. The average Bonchev–Trinajstić information content (AvgIpc) is 2.29. The van der Waals surface area contributed by atoms with Crippen molar-refractivity contribution in [1.29, 1.82) is 0 Å².